The van der Waals surface area contributed by atoms with Crippen LogP contribution in [0.4, 0.5) is 5.69 Å². The third kappa shape index (κ3) is 7.16. The lowest BCUT2D eigenvalue weighted by Gasteiger charge is -2.24. The number of aliphatic hydroxyl groups is 1. The van der Waals surface area contributed by atoms with E-state index in [0.717, 1.165) is 17.7 Å². The first kappa shape index (κ1) is 23.4. The lowest BCUT2D eigenvalue weighted by atomic mass is 10.2. The molecule has 0 aliphatic heterocycles. The van der Waals surface area contributed by atoms with Crippen molar-refractivity contribution < 1.29 is 23.2 Å². The van der Waals surface area contributed by atoms with Crippen LogP contribution >= 0.6 is 15.9 Å². The van der Waals surface area contributed by atoms with Crippen LogP contribution in [0.15, 0.2) is 59.5 Å². The molecule has 0 aliphatic carbocycles. The SMILES string of the molecule is O=[N+]([O-])c1ccc(S(=O)(=O)N(CCCBr)C[C@@H](O)COCc2ccccc2)cc1. The van der Waals surface area contributed by atoms with Gasteiger partial charge in [-0.1, -0.05) is 46.3 Å². The number of hydrogen-bond acceptors (Lipinski definition) is 6. The molecule has 29 heavy (non-hydrogen) atoms. The second-order valence-electron chi connectivity index (χ2n) is 6.31. The Morgan fingerprint density at radius 3 is 2.38 bits per heavy atom. The van der Waals surface area contributed by atoms with Gasteiger partial charge in [-0.05, 0) is 24.1 Å². The number of aliphatic hydroxyl groups excluding tert-OH is 1. The Kier molecular flexibility index (Phi) is 9.18. The highest BCUT2D eigenvalue weighted by Gasteiger charge is 2.27. The molecule has 0 aromatic heterocycles. The van der Waals surface area contributed by atoms with E-state index in [4.69, 9.17) is 4.74 Å². The fourth-order valence-electron chi connectivity index (χ4n) is 2.61. The molecule has 2 aromatic rings. The number of nitro benzene ring substituents is 1. The van der Waals surface area contributed by atoms with Gasteiger partial charge in [0, 0.05) is 30.6 Å². The highest BCUT2D eigenvalue weighted by atomic mass is 79.9. The molecule has 0 unspecified atom stereocenters. The Hall–Kier alpha value is -1.85. The number of sulfonamides is 1. The van der Waals surface area contributed by atoms with Crippen molar-refractivity contribution in [2.24, 2.45) is 0 Å². The molecule has 0 aliphatic rings. The summed E-state index contributed by atoms with van der Waals surface area (Å²) in [7, 11) is -3.91. The summed E-state index contributed by atoms with van der Waals surface area (Å²) in [5, 5.41) is 21.7. The van der Waals surface area contributed by atoms with E-state index in [9.17, 15) is 23.6 Å². The van der Waals surface area contributed by atoms with Crippen molar-refractivity contribution in [1.82, 2.24) is 4.31 Å². The van der Waals surface area contributed by atoms with Crippen molar-refractivity contribution in [1.29, 1.82) is 0 Å². The number of non-ortho nitro benzene ring substituents is 1. The highest BCUT2D eigenvalue weighted by Crippen LogP contribution is 2.20. The van der Waals surface area contributed by atoms with Crippen LogP contribution in [0.3, 0.4) is 0 Å². The lowest BCUT2D eigenvalue weighted by Crippen LogP contribution is -2.40. The van der Waals surface area contributed by atoms with Crippen LogP contribution in [0.5, 0.6) is 0 Å². The zero-order valence-corrected chi connectivity index (χ0v) is 18.1. The van der Waals surface area contributed by atoms with Crippen molar-refractivity contribution in [3.63, 3.8) is 0 Å². The van der Waals surface area contributed by atoms with Gasteiger partial charge in [0.1, 0.15) is 0 Å². The normalized spacial score (nSPS) is 12.8. The van der Waals surface area contributed by atoms with Crippen LogP contribution < -0.4 is 0 Å². The van der Waals surface area contributed by atoms with Gasteiger partial charge in [-0.25, -0.2) is 8.42 Å². The van der Waals surface area contributed by atoms with Crippen molar-refractivity contribution >= 4 is 31.6 Å². The Bertz CT molecular complexity index is 877. The number of rotatable bonds is 12. The van der Waals surface area contributed by atoms with Crippen molar-refractivity contribution in [3.8, 4) is 0 Å². The van der Waals surface area contributed by atoms with Gasteiger partial charge < -0.3 is 9.84 Å². The number of nitrogens with zero attached hydrogens (tertiary/aromatic N) is 2. The van der Waals surface area contributed by atoms with E-state index < -0.39 is 21.1 Å². The van der Waals surface area contributed by atoms with E-state index in [1.165, 1.54) is 16.4 Å². The molecule has 0 amide bonds. The number of hydrogen-bond donors (Lipinski definition) is 1. The molecule has 2 aromatic carbocycles. The monoisotopic (exact) mass is 486 g/mol. The van der Waals surface area contributed by atoms with Crippen LogP contribution in [0.2, 0.25) is 0 Å². The lowest BCUT2D eigenvalue weighted by molar-refractivity contribution is -0.384. The van der Waals surface area contributed by atoms with Crippen molar-refractivity contribution in [2.45, 2.75) is 24.0 Å². The summed E-state index contributed by atoms with van der Waals surface area (Å²) in [5.41, 5.74) is 0.764. The summed E-state index contributed by atoms with van der Waals surface area (Å²) >= 11 is 3.28. The molecule has 0 heterocycles. The maximum Gasteiger partial charge on any atom is 0.269 e. The summed E-state index contributed by atoms with van der Waals surface area (Å²) in [6.07, 6.45) is -0.467. The van der Waals surface area contributed by atoms with Gasteiger partial charge >= 0.3 is 0 Å². The van der Waals surface area contributed by atoms with Gasteiger partial charge in [-0.2, -0.15) is 4.31 Å². The first-order chi connectivity index (χ1) is 13.8. The largest absolute Gasteiger partial charge is 0.389 e. The van der Waals surface area contributed by atoms with Gasteiger partial charge in [-0.15, -0.1) is 0 Å². The smallest absolute Gasteiger partial charge is 0.269 e. The first-order valence-corrected chi connectivity index (χ1v) is 11.5. The van der Waals surface area contributed by atoms with Crippen LogP contribution in [0.25, 0.3) is 0 Å². The van der Waals surface area contributed by atoms with Crippen molar-refractivity contribution in [2.75, 3.05) is 25.0 Å². The molecule has 8 nitrogen and oxygen atoms in total. The van der Waals surface area contributed by atoms with Crippen molar-refractivity contribution in [3.05, 3.63) is 70.3 Å². The fraction of sp³-hybridized carbons (Fsp3) is 0.368. The minimum Gasteiger partial charge on any atom is -0.389 e. The topological polar surface area (TPSA) is 110 Å². The third-order valence-electron chi connectivity index (χ3n) is 4.06. The predicted molar refractivity (Wildman–Crippen MR) is 112 cm³/mol. The summed E-state index contributed by atoms with van der Waals surface area (Å²) in [6.45, 7) is 0.352. The molecule has 0 spiro atoms. The standard InChI is InChI=1S/C19H23BrN2O6S/c20-11-4-12-21(13-18(23)15-28-14-16-5-2-1-3-6-16)29(26,27)19-9-7-17(8-10-19)22(24)25/h1-3,5-10,18,23H,4,11-15H2/t18-/m1/s1. The van der Waals surface area contributed by atoms with E-state index in [1.54, 1.807) is 0 Å². The second-order valence-corrected chi connectivity index (χ2v) is 9.04. The molecule has 1 atom stereocenters. The second kappa shape index (κ2) is 11.4. The molecular formula is C19H23BrN2O6S. The predicted octanol–water partition coefficient (Wildman–Crippen LogP) is 2.95. The molecule has 0 bridgehead atoms. The van der Waals surface area contributed by atoms with E-state index in [1.807, 2.05) is 30.3 Å². The molecule has 10 heteroatoms. The minimum absolute atomic E-state index is 0.0184. The van der Waals surface area contributed by atoms with E-state index in [2.05, 4.69) is 15.9 Å². The van der Waals surface area contributed by atoms with Gasteiger partial charge in [0.25, 0.3) is 5.69 Å². The molecule has 2 rings (SSSR count). The summed E-state index contributed by atoms with van der Waals surface area (Å²) in [5.74, 6) is 0. The van der Waals surface area contributed by atoms with Gasteiger partial charge in [-0.3, -0.25) is 10.1 Å². The van der Waals surface area contributed by atoms with Crippen LogP contribution in [-0.2, 0) is 21.4 Å². The number of ether oxygens (including phenoxy) is 1. The third-order valence-corrected chi connectivity index (χ3v) is 6.50. The maximum atomic E-state index is 12.9. The quantitative estimate of drug-likeness (QED) is 0.280. The number of benzene rings is 2. The fourth-order valence-corrected chi connectivity index (χ4v) is 4.38. The molecule has 158 valence electrons. The molecule has 1 N–H and O–H groups in total. The molecule has 0 saturated heterocycles. The molecule has 0 saturated carbocycles. The Morgan fingerprint density at radius 2 is 1.79 bits per heavy atom. The van der Waals surface area contributed by atoms with E-state index >= 15 is 0 Å². The number of halogens is 1. The highest BCUT2D eigenvalue weighted by molar-refractivity contribution is 9.09. The average Bonchev–Trinajstić information content (AvgIpc) is 2.71. The first-order valence-electron chi connectivity index (χ1n) is 8.95. The Morgan fingerprint density at radius 1 is 1.14 bits per heavy atom. The zero-order valence-electron chi connectivity index (χ0n) is 15.7. The maximum absolute atomic E-state index is 12.9. The van der Waals surface area contributed by atoms with Crippen LogP contribution in [0.1, 0.15) is 12.0 Å². The van der Waals surface area contributed by atoms with Gasteiger partial charge in [0.05, 0.1) is 29.1 Å². The number of alkyl halides is 1. The Balaban J connectivity index is 2.03. The molecule has 0 radical (unpaired) electrons. The summed E-state index contributed by atoms with van der Waals surface area (Å²) < 4.78 is 32.5. The van der Waals surface area contributed by atoms with Crippen LogP contribution in [0, 0.1) is 10.1 Å². The van der Waals surface area contributed by atoms with Crippen LogP contribution in [-0.4, -0.2) is 53.9 Å². The minimum atomic E-state index is -3.91. The molecule has 0 fully saturated rings. The Labute approximate surface area is 178 Å². The van der Waals surface area contributed by atoms with Gasteiger partial charge in [0.2, 0.25) is 10.0 Å². The summed E-state index contributed by atoms with van der Waals surface area (Å²) in [4.78, 5) is 10.1. The van der Waals surface area contributed by atoms with Gasteiger partial charge in [0.15, 0.2) is 0 Å². The number of nitro groups is 1. The molecular weight excluding hydrogens is 464 g/mol. The van der Waals surface area contributed by atoms with E-state index in [-0.39, 0.29) is 30.3 Å². The summed E-state index contributed by atoms with van der Waals surface area (Å²) in [6, 6.07) is 14.1. The zero-order chi connectivity index (χ0) is 21.3. The average molecular weight is 487 g/mol. The van der Waals surface area contributed by atoms with E-state index in [0.29, 0.717) is 18.4 Å².